The van der Waals surface area contributed by atoms with Crippen LogP contribution in [0.4, 0.5) is 17.2 Å². The Morgan fingerprint density at radius 3 is 2.59 bits per heavy atom. The number of likely N-dealkylation sites (tertiary alicyclic amines) is 1. The van der Waals surface area contributed by atoms with Crippen LogP contribution in [0, 0.1) is 5.92 Å². The SMILES string of the molecule is COCCN1CC(C(=O)Nc2ccc(Nc3cc(-c4ccccc4)ncn3)cc2)CC1=O. The van der Waals surface area contributed by atoms with Crippen LogP contribution in [0.3, 0.4) is 0 Å². The molecule has 1 aliphatic heterocycles. The van der Waals surface area contributed by atoms with Gasteiger partial charge in [-0.2, -0.15) is 0 Å². The Bertz CT molecular complexity index is 1070. The van der Waals surface area contributed by atoms with Crippen LogP contribution in [0.1, 0.15) is 6.42 Å². The molecule has 8 heteroatoms. The molecule has 0 aliphatic carbocycles. The maximum absolute atomic E-state index is 12.6. The fraction of sp³-hybridized carbons (Fsp3) is 0.250. The summed E-state index contributed by atoms with van der Waals surface area (Å²) in [6, 6.07) is 19.2. The van der Waals surface area contributed by atoms with Crippen molar-refractivity contribution in [3.05, 3.63) is 67.0 Å². The van der Waals surface area contributed by atoms with E-state index in [2.05, 4.69) is 20.6 Å². The van der Waals surface area contributed by atoms with E-state index >= 15 is 0 Å². The van der Waals surface area contributed by atoms with Crippen LogP contribution in [-0.4, -0.2) is 53.5 Å². The van der Waals surface area contributed by atoms with E-state index in [0.717, 1.165) is 16.9 Å². The molecule has 164 valence electrons. The lowest BCUT2D eigenvalue weighted by atomic mass is 10.1. The largest absolute Gasteiger partial charge is 0.383 e. The summed E-state index contributed by atoms with van der Waals surface area (Å²) in [7, 11) is 1.59. The number of carbonyl (C=O) groups is 2. The van der Waals surface area contributed by atoms with Crippen LogP contribution >= 0.6 is 0 Å². The molecular weight excluding hydrogens is 406 g/mol. The molecule has 4 rings (SSSR count). The van der Waals surface area contributed by atoms with E-state index < -0.39 is 0 Å². The molecule has 1 aliphatic rings. The van der Waals surface area contributed by atoms with Gasteiger partial charge in [-0.3, -0.25) is 9.59 Å². The monoisotopic (exact) mass is 431 g/mol. The number of hydrogen-bond acceptors (Lipinski definition) is 6. The zero-order valence-corrected chi connectivity index (χ0v) is 17.8. The summed E-state index contributed by atoms with van der Waals surface area (Å²) < 4.78 is 5.02. The number of methoxy groups -OCH3 is 1. The number of nitrogens with zero attached hydrogens (tertiary/aromatic N) is 3. The highest BCUT2D eigenvalue weighted by Crippen LogP contribution is 2.23. The quantitative estimate of drug-likeness (QED) is 0.568. The second kappa shape index (κ2) is 10.0. The van der Waals surface area contributed by atoms with Crippen LogP contribution in [0.25, 0.3) is 11.3 Å². The normalized spacial score (nSPS) is 15.6. The molecule has 2 aromatic carbocycles. The first-order valence-corrected chi connectivity index (χ1v) is 10.4. The number of hydrogen-bond donors (Lipinski definition) is 2. The Morgan fingerprint density at radius 2 is 1.84 bits per heavy atom. The highest BCUT2D eigenvalue weighted by atomic mass is 16.5. The van der Waals surface area contributed by atoms with Crippen molar-refractivity contribution in [2.75, 3.05) is 37.4 Å². The number of aromatic nitrogens is 2. The summed E-state index contributed by atoms with van der Waals surface area (Å²) in [5.41, 5.74) is 3.36. The van der Waals surface area contributed by atoms with Gasteiger partial charge >= 0.3 is 0 Å². The molecule has 8 nitrogen and oxygen atoms in total. The van der Waals surface area contributed by atoms with E-state index in [4.69, 9.17) is 4.74 Å². The Morgan fingerprint density at radius 1 is 1.09 bits per heavy atom. The number of anilines is 3. The van der Waals surface area contributed by atoms with E-state index in [0.29, 0.717) is 31.2 Å². The maximum atomic E-state index is 12.6. The third-order valence-corrected chi connectivity index (χ3v) is 5.31. The number of nitrogens with one attached hydrogen (secondary N) is 2. The van der Waals surface area contributed by atoms with Gasteiger partial charge in [0.25, 0.3) is 0 Å². The lowest BCUT2D eigenvalue weighted by Crippen LogP contribution is -2.30. The highest BCUT2D eigenvalue weighted by molar-refractivity contribution is 5.97. The molecule has 2 amide bonds. The predicted octanol–water partition coefficient (Wildman–Crippen LogP) is 3.32. The molecule has 1 aromatic heterocycles. The lowest BCUT2D eigenvalue weighted by Gasteiger charge is -2.16. The molecule has 1 saturated heterocycles. The average molecular weight is 431 g/mol. The summed E-state index contributed by atoms with van der Waals surface area (Å²) in [6.07, 6.45) is 1.75. The third-order valence-electron chi connectivity index (χ3n) is 5.31. The molecule has 0 spiro atoms. The van der Waals surface area contributed by atoms with Gasteiger partial charge in [0.05, 0.1) is 18.2 Å². The van der Waals surface area contributed by atoms with Crippen LogP contribution < -0.4 is 10.6 Å². The van der Waals surface area contributed by atoms with Gasteiger partial charge in [-0.25, -0.2) is 9.97 Å². The van der Waals surface area contributed by atoms with Crippen LogP contribution in [-0.2, 0) is 14.3 Å². The lowest BCUT2D eigenvalue weighted by molar-refractivity contribution is -0.128. The molecule has 2 N–H and O–H groups in total. The van der Waals surface area contributed by atoms with E-state index in [1.165, 1.54) is 6.33 Å². The van der Waals surface area contributed by atoms with Gasteiger partial charge < -0.3 is 20.3 Å². The first-order chi connectivity index (χ1) is 15.6. The van der Waals surface area contributed by atoms with Crippen LogP contribution in [0.15, 0.2) is 67.0 Å². The highest BCUT2D eigenvalue weighted by Gasteiger charge is 2.33. The van der Waals surface area contributed by atoms with Gasteiger partial charge in [-0.1, -0.05) is 30.3 Å². The Hall–Kier alpha value is -3.78. The number of rotatable bonds is 8. The van der Waals surface area contributed by atoms with Gasteiger partial charge in [0, 0.05) is 49.6 Å². The van der Waals surface area contributed by atoms with Crippen molar-refractivity contribution in [2.24, 2.45) is 5.92 Å². The van der Waals surface area contributed by atoms with Crippen molar-refractivity contribution in [1.29, 1.82) is 0 Å². The van der Waals surface area contributed by atoms with E-state index in [9.17, 15) is 9.59 Å². The van der Waals surface area contributed by atoms with Crippen molar-refractivity contribution in [3.8, 4) is 11.3 Å². The third kappa shape index (κ3) is 5.28. The smallest absolute Gasteiger partial charge is 0.229 e. The van der Waals surface area contributed by atoms with Gasteiger partial charge in [-0.05, 0) is 24.3 Å². The van der Waals surface area contributed by atoms with Crippen LogP contribution in [0.2, 0.25) is 0 Å². The first kappa shape index (κ1) is 21.5. The predicted molar refractivity (Wildman–Crippen MR) is 122 cm³/mol. The fourth-order valence-electron chi connectivity index (χ4n) is 3.59. The van der Waals surface area contributed by atoms with Gasteiger partial charge in [-0.15, -0.1) is 0 Å². The zero-order chi connectivity index (χ0) is 22.3. The summed E-state index contributed by atoms with van der Waals surface area (Å²) in [5, 5.41) is 6.15. The van der Waals surface area contributed by atoms with Crippen molar-refractivity contribution >= 4 is 29.0 Å². The summed E-state index contributed by atoms with van der Waals surface area (Å²) in [4.78, 5) is 34.9. The summed E-state index contributed by atoms with van der Waals surface area (Å²) in [5.74, 6) is 0.162. The summed E-state index contributed by atoms with van der Waals surface area (Å²) >= 11 is 0. The second-order valence-corrected chi connectivity index (χ2v) is 7.58. The fourth-order valence-corrected chi connectivity index (χ4v) is 3.59. The van der Waals surface area contributed by atoms with Gasteiger partial charge in [0.1, 0.15) is 12.1 Å². The van der Waals surface area contributed by atoms with Crippen molar-refractivity contribution < 1.29 is 14.3 Å². The van der Waals surface area contributed by atoms with Gasteiger partial charge in [0.15, 0.2) is 0 Å². The number of amides is 2. The van der Waals surface area contributed by atoms with E-state index in [1.807, 2.05) is 60.7 Å². The topological polar surface area (TPSA) is 96.5 Å². The van der Waals surface area contributed by atoms with E-state index in [1.54, 1.807) is 12.0 Å². The van der Waals surface area contributed by atoms with Crippen LogP contribution in [0.5, 0.6) is 0 Å². The molecule has 0 saturated carbocycles. The second-order valence-electron chi connectivity index (χ2n) is 7.58. The van der Waals surface area contributed by atoms with Crippen molar-refractivity contribution in [3.63, 3.8) is 0 Å². The minimum Gasteiger partial charge on any atom is -0.383 e. The number of carbonyl (C=O) groups excluding carboxylic acids is 2. The molecule has 1 fully saturated rings. The molecule has 0 bridgehead atoms. The zero-order valence-electron chi connectivity index (χ0n) is 17.8. The Kier molecular flexibility index (Phi) is 6.72. The summed E-state index contributed by atoms with van der Waals surface area (Å²) in [6.45, 7) is 1.40. The van der Waals surface area contributed by atoms with Gasteiger partial charge in [0.2, 0.25) is 11.8 Å². The Labute approximate surface area is 186 Å². The first-order valence-electron chi connectivity index (χ1n) is 10.4. The molecule has 1 unspecified atom stereocenters. The van der Waals surface area contributed by atoms with Crippen molar-refractivity contribution in [1.82, 2.24) is 14.9 Å². The van der Waals surface area contributed by atoms with E-state index in [-0.39, 0.29) is 24.2 Å². The number of ether oxygens (including phenoxy) is 1. The Balaban J connectivity index is 1.35. The molecule has 32 heavy (non-hydrogen) atoms. The average Bonchev–Trinajstić information content (AvgIpc) is 3.20. The number of benzene rings is 2. The maximum Gasteiger partial charge on any atom is 0.229 e. The minimum atomic E-state index is -0.352. The molecule has 2 heterocycles. The standard InChI is InChI=1S/C24H25N5O3/c1-32-12-11-29-15-18(13-23(29)30)24(31)28-20-9-7-19(8-10-20)27-22-14-21(25-16-26-22)17-5-3-2-4-6-17/h2-10,14,16,18H,11-13,15H2,1H3,(H,28,31)(H,25,26,27). The minimum absolute atomic E-state index is 0.0125. The van der Waals surface area contributed by atoms with Crippen molar-refractivity contribution in [2.45, 2.75) is 6.42 Å². The molecule has 0 radical (unpaired) electrons. The molecule has 1 atom stereocenters. The molecule has 3 aromatic rings. The molecular formula is C24H25N5O3.